The number of amides is 1. The van der Waals surface area contributed by atoms with E-state index in [4.69, 9.17) is 23.4 Å². The van der Waals surface area contributed by atoms with E-state index in [0.29, 0.717) is 23.8 Å². The van der Waals surface area contributed by atoms with E-state index in [1.807, 2.05) is 0 Å². The van der Waals surface area contributed by atoms with Gasteiger partial charge in [0, 0.05) is 11.6 Å². The number of allylic oxidation sites excluding steroid dienone is 1. The second-order valence-electron chi connectivity index (χ2n) is 5.22. The number of hydrogen-bond acceptors (Lipinski definition) is 4. The molecule has 1 heterocycles. The maximum absolute atomic E-state index is 11.0. The van der Waals surface area contributed by atoms with Crippen LogP contribution in [0.5, 0.6) is 0 Å². The number of ether oxygens (including phenoxy) is 1. The van der Waals surface area contributed by atoms with Crippen LogP contribution in [-0.4, -0.2) is 21.7 Å². The quantitative estimate of drug-likeness (QED) is 0.645. The summed E-state index contributed by atoms with van der Waals surface area (Å²) in [5.74, 6) is 0.520. The van der Waals surface area contributed by atoms with E-state index in [-0.39, 0.29) is 5.92 Å². The van der Waals surface area contributed by atoms with Crippen LogP contribution < -0.4 is 5.73 Å². The third kappa shape index (κ3) is 5.17. The van der Waals surface area contributed by atoms with E-state index < -0.39 is 11.7 Å². The Labute approximate surface area is 125 Å². The molecule has 1 amide bonds. The zero-order chi connectivity index (χ0) is 16.0. The van der Waals surface area contributed by atoms with Gasteiger partial charge in [0.05, 0.1) is 1.37 Å². The molecule has 1 aromatic rings. The van der Waals surface area contributed by atoms with Crippen molar-refractivity contribution in [1.82, 2.24) is 9.97 Å². The molecule has 110 valence electrons. The number of nitrogens with two attached hydrogens (primary N) is 1. The summed E-state index contributed by atoms with van der Waals surface area (Å²) >= 11 is 5.97. The molecular formula is C14H20ClN3O2. The van der Waals surface area contributed by atoms with Crippen molar-refractivity contribution >= 4 is 17.7 Å². The van der Waals surface area contributed by atoms with Crippen LogP contribution in [0, 0.1) is 6.92 Å². The largest absolute Gasteiger partial charge is 0.444 e. The number of nitrogens with zero attached hydrogens (tertiary/aromatic N) is 2. The van der Waals surface area contributed by atoms with Crippen molar-refractivity contribution in [3.05, 3.63) is 35.4 Å². The Kier molecular flexibility index (Phi) is 4.95. The van der Waals surface area contributed by atoms with Crippen molar-refractivity contribution in [2.45, 2.75) is 45.1 Å². The normalized spacial score (nSPS) is 14.1. The van der Waals surface area contributed by atoms with Crippen molar-refractivity contribution in [2.24, 2.45) is 5.73 Å². The van der Waals surface area contributed by atoms with Gasteiger partial charge in [0.25, 0.3) is 0 Å². The first-order valence-electron chi connectivity index (χ1n) is 6.84. The maximum atomic E-state index is 11.0. The summed E-state index contributed by atoms with van der Waals surface area (Å²) in [6, 6.07) is 1.69. The van der Waals surface area contributed by atoms with E-state index in [1.54, 1.807) is 32.9 Å². The molecule has 1 aromatic heterocycles. The molecule has 0 fully saturated rings. The Morgan fingerprint density at radius 2 is 2.40 bits per heavy atom. The molecule has 20 heavy (non-hydrogen) atoms. The van der Waals surface area contributed by atoms with Gasteiger partial charge in [-0.05, 0) is 39.7 Å². The smallest absolute Gasteiger partial charge is 0.405 e. The zero-order valence-electron chi connectivity index (χ0n) is 12.9. The predicted molar refractivity (Wildman–Crippen MR) is 78.7 cm³/mol. The molecule has 1 unspecified atom stereocenters. The third-order valence-corrected chi connectivity index (χ3v) is 2.97. The average molecular weight is 299 g/mol. The van der Waals surface area contributed by atoms with Gasteiger partial charge in [-0.25, -0.2) is 14.8 Å². The number of carbonyl (C=O) groups is 1. The lowest BCUT2D eigenvalue weighted by Crippen LogP contribution is -2.33. The minimum atomic E-state index is -0.813. The number of aromatic nitrogens is 2. The minimum Gasteiger partial charge on any atom is -0.444 e. The van der Waals surface area contributed by atoms with Gasteiger partial charge in [-0.2, -0.15) is 0 Å². The molecule has 0 aliphatic rings. The summed E-state index contributed by atoms with van der Waals surface area (Å²) in [5.41, 5.74) is 5.11. The second kappa shape index (κ2) is 6.70. The van der Waals surface area contributed by atoms with Crippen molar-refractivity contribution in [3.8, 4) is 0 Å². The lowest BCUT2D eigenvalue weighted by Gasteiger charge is -2.28. The molecule has 1 atom stereocenters. The molecule has 0 saturated heterocycles. The van der Waals surface area contributed by atoms with Crippen LogP contribution >= 0.6 is 11.6 Å². The number of carbonyl (C=O) groups excluding carboxylic acids is 1. The number of aryl methyl sites for hydroxylation is 1. The van der Waals surface area contributed by atoms with Gasteiger partial charge >= 0.3 is 6.09 Å². The molecule has 6 heteroatoms. The predicted octanol–water partition coefficient (Wildman–Crippen LogP) is 3.36. The molecule has 5 nitrogen and oxygen atoms in total. The Balaban J connectivity index is 3.02. The van der Waals surface area contributed by atoms with Crippen LogP contribution in [0.4, 0.5) is 4.79 Å². The van der Waals surface area contributed by atoms with E-state index >= 15 is 0 Å². The van der Waals surface area contributed by atoms with Gasteiger partial charge in [0.1, 0.15) is 16.6 Å². The molecule has 0 aliphatic carbocycles. The molecule has 0 bridgehead atoms. The van der Waals surface area contributed by atoms with Gasteiger partial charge in [0.15, 0.2) is 0 Å². The molecule has 2 N–H and O–H groups in total. The number of hydrogen-bond donors (Lipinski definition) is 1. The van der Waals surface area contributed by atoms with Crippen LogP contribution in [0.3, 0.4) is 0 Å². The van der Waals surface area contributed by atoms with Gasteiger partial charge in [-0.3, -0.25) is 0 Å². The average Bonchev–Trinajstić information content (AvgIpc) is 2.31. The van der Waals surface area contributed by atoms with Crippen LogP contribution in [0.15, 0.2) is 18.7 Å². The van der Waals surface area contributed by atoms with E-state index in [9.17, 15) is 4.79 Å². The Morgan fingerprint density at radius 1 is 1.70 bits per heavy atom. The van der Waals surface area contributed by atoms with Gasteiger partial charge in [-0.15, -0.1) is 6.55 Å². The highest BCUT2D eigenvalue weighted by atomic mass is 35.5. The highest BCUT2D eigenvalue weighted by Gasteiger charge is 2.28. The fourth-order valence-electron chi connectivity index (χ4n) is 2.14. The highest BCUT2D eigenvalue weighted by Crippen LogP contribution is 2.31. The van der Waals surface area contributed by atoms with E-state index in [1.165, 1.54) is 6.55 Å². The summed E-state index contributed by atoms with van der Waals surface area (Å²) < 4.78 is 12.3. The van der Waals surface area contributed by atoms with Crippen LogP contribution in [0.1, 0.15) is 45.5 Å². The minimum absolute atomic E-state index is 0.0554. The summed E-state index contributed by atoms with van der Waals surface area (Å²) in [7, 11) is 0. The summed E-state index contributed by atoms with van der Waals surface area (Å²) in [4.78, 5) is 19.4. The number of rotatable bonds is 6. The van der Waals surface area contributed by atoms with Crippen LogP contribution in [0.25, 0.3) is 0 Å². The van der Waals surface area contributed by atoms with Crippen LogP contribution in [-0.2, 0) is 4.74 Å². The highest BCUT2D eigenvalue weighted by molar-refractivity contribution is 6.29. The number of primary amides is 1. The summed E-state index contributed by atoms with van der Waals surface area (Å²) in [6.07, 6.45) is 2.00. The van der Waals surface area contributed by atoms with Crippen molar-refractivity contribution in [3.63, 3.8) is 0 Å². The molecule has 0 spiro atoms. The molecule has 0 aliphatic heterocycles. The maximum Gasteiger partial charge on any atom is 0.405 e. The Bertz CT molecular complexity index is 515. The molecular weight excluding hydrogens is 278 g/mol. The lowest BCUT2D eigenvalue weighted by atomic mass is 9.88. The van der Waals surface area contributed by atoms with E-state index in [0.717, 1.165) is 5.69 Å². The Hall–Kier alpha value is -1.62. The van der Waals surface area contributed by atoms with Crippen molar-refractivity contribution in [1.29, 1.82) is 0 Å². The topological polar surface area (TPSA) is 78.1 Å². The standard InChI is InChI=1S/C14H20ClN3O2/c1-5-6-10(8-14(3,4)20-13(16)19)11-7-12(15)18-9(2)17-11/h5,7,10H,1,6,8H2,2-4H3,(H2,16,19)/i1D. The first kappa shape index (κ1) is 14.8. The monoisotopic (exact) mass is 298 g/mol. The molecule has 0 saturated carbocycles. The first-order chi connectivity index (χ1) is 9.73. The van der Waals surface area contributed by atoms with Gasteiger partial charge in [-0.1, -0.05) is 17.7 Å². The Morgan fingerprint density at radius 3 is 2.95 bits per heavy atom. The van der Waals surface area contributed by atoms with Crippen molar-refractivity contribution in [2.75, 3.05) is 0 Å². The lowest BCUT2D eigenvalue weighted by molar-refractivity contribution is 0.0335. The first-order valence-corrected chi connectivity index (χ1v) is 6.64. The second-order valence-corrected chi connectivity index (χ2v) is 5.60. The summed E-state index contributed by atoms with van der Waals surface area (Å²) in [5, 5.41) is 0.367. The fraction of sp³-hybridized carbons (Fsp3) is 0.500. The van der Waals surface area contributed by atoms with Gasteiger partial charge < -0.3 is 10.5 Å². The zero-order valence-corrected chi connectivity index (χ0v) is 12.6. The van der Waals surface area contributed by atoms with Crippen LogP contribution in [0.2, 0.25) is 5.15 Å². The molecule has 1 rings (SSSR count). The SMILES string of the molecule is [2H]C=CCC(CC(C)(C)OC(N)=O)c1cc(Cl)nc(C)n1. The summed E-state index contributed by atoms with van der Waals surface area (Å²) in [6.45, 7) is 6.55. The molecule has 0 aromatic carbocycles. The fourth-order valence-corrected chi connectivity index (χ4v) is 2.38. The van der Waals surface area contributed by atoms with Gasteiger partial charge in [0.2, 0.25) is 0 Å². The molecule has 0 radical (unpaired) electrons. The third-order valence-electron chi connectivity index (χ3n) is 2.78. The number of halogens is 1. The van der Waals surface area contributed by atoms with Crippen molar-refractivity contribution < 1.29 is 10.9 Å². The van der Waals surface area contributed by atoms with E-state index in [2.05, 4.69) is 9.97 Å².